The van der Waals surface area contributed by atoms with Crippen LogP contribution in [0.2, 0.25) is 0 Å². The van der Waals surface area contributed by atoms with E-state index in [0.29, 0.717) is 29.9 Å². The predicted molar refractivity (Wildman–Crippen MR) is 83.3 cm³/mol. The first-order chi connectivity index (χ1) is 11.0. The summed E-state index contributed by atoms with van der Waals surface area (Å²) in [7, 11) is 0. The Kier molecular flexibility index (Phi) is 4.47. The van der Waals surface area contributed by atoms with Crippen LogP contribution in [0.3, 0.4) is 0 Å². The zero-order valence-electron chi connectivity index (χ0n) is 13.7. The maximum Gasteiger partial charge on any atom is 0.293 e. The summed E-state index contributed by atoms with van der Waals surface area (Å²) >= 11 is 0. The summed E-state index contributed by atoms with van der Waals surface area (Å²) in [6, 6.07) is 3.37. The van der Waals surface area contributed by atoms with Crippen LogP contribution in [0.15, 0.2) is 27.3 Å². The van der Waals surface area contributed by atoms with Crippen molar-refractivity contribution in [2.45, 2.75) is 33.4 Å². The number of piperazine rings is 1. The van der Waals surface area contributed by atoms with Gasteiger partial charge < -0.3 is 13.8 Å². The lowest BCUT2D eigenvalue weighted by Crippen LogP contribution is -2.56. The van der Waals surface area contributed by atoms with E-state index in [1.165, 1.54) is 0 Å². The van der Waals surface area contributed by atoms with Crippen molar-refractivity contribution in [2.24, 2.45) is 5.92 Å². The third-order valence-corrected chi connectivity index (χ3v) is 4.00. The van der Waals surface area contributed by atoms with Crippen molar-refractivity contribution in [3.8, 4) is 11.7 Å². The number of furan rings is 1. The van der Waals surface area contributed by atoms with Crippen LogP contribution in [-0.4, -0.2) is 51.5 Å². The molecule has 0 aromatic carbocycles. The van der Waals surface area contributed by atoms with Crippen LogP contribution in [0.5, 0.6) is 0 Å². The number of hydrogen-bond donors (Lipinski definition) is 0. The highest BCUT2D eigenvalue weighted by molar-refractivity contribution is 5.82. The van der Waals surface area contributed by atoms with Gasteiger partial charge in [0.1, 0.15) is 0 Å². The highest BCUT2D eigenvalue weighted by atomic mass is 16.5. The number of rotatable bonds is 5. The first kappa shape index (κ1) is 15.7. The summed E-state index contributed by atoms with van der Waals surface area (Å²) in [6.45, 7) is 9.03. The molecule has 0 spiro atoms. The van der Waals surface area contributed by atoms with E-state index in [1.54, 1.807) is 18.4 Å². The van der Waals surface area contributed by atoms with E-state index in [0.717, 1.165) is 19.6 Å². The number of nitrogens with zero attached hydrogens (tertiary/aromatic N) is 4. The Bertz CT molecular complexity index is 650. The fourth-order valence-corrected chi connectivity index (χ4v) is 2.81. The Morgan fingerprint density at radius 1 is 1.39 bits per heavy atom. The molecule has 0 radical (unpaired) electrons. The van der Waals surface area contributed by atoms with Crippen molar-refractivity contribution in [1.82, 2.24) is 19.9 Å². The summed E-state index contributed by atoms with van der Waals surface area (Å²) in [5.41, 5.74) is 0. The lowest BCUT2D eigenvalue weighted by atomic mass is 10.1. The minimum atomic E-state index is -0.173. The SMILES string of the molecule is CC(C)CN1CCN(Cc2noc(-c3ccco3)n2)[C@@H](C)C1=O. The quantitative estimate of drug-likeness (QED) is 0.839. The maximum absolute atomic E-state index is 12.5. The molecule has 0 aliphatic carbocycles. The normalized spacial score (nSPS) is 19.7. The molecule has 1 aliphatic rings. The van der Waals surface area contributed by atoms with Gasteiger partial charge in [-0.25, -0.2) is 0 Å². The molecule has 3 heterocycles. The zero-order chi connectivity index (χ0) is 16.4. The first-order valence-electron chi connectivity index (χ1n) is 7.94. The monoisotopic (exact) mass is 318 g/mol. The lowest BCUT2D eigenvalue weighted by molar-refractivity contribution is -0.142. The summed E-state index contributed by atoms with van der Waals surface area (Å²) in [5, 5.41) is 3.98. The molecule has 0 saturated carbocycles. The molecule has 124 valence electrons. The van der Waals surface area contributed by atoms with Gasteiger partial charge in [-0.2, -0.15) is 4.98 Å². The van der Waals surface area contributed by atoms with Crippen LogP contribution in [-0.2, 0) is 11.3 Å². The molecule has 1 fully saturated rings. The van der Waals surface area contributed by atoms with Crippen LogP contribution in [0, 0.1) is 5.92 Å². The molecular weight excluding hydrogens is 296 g/mol. The van der Waals surface area contributed by atoms with Gasteiger partial charge in [0.05, 0.1) is 18.8 Å². The molecule has 7 nitrogen and oxygen atoms in total. The third-order valence-electron chi connectivity index (χ3n) is 4.00. The molecular formula is C16H22N4O3. The van der Waals surface area contributed by atoms with Crippen molar-refractivity contribution in [3.63, 3.8) is 0 Å². The van der Waals surface area contributed by atoms with Crippen LogP contribution >= 0.6 is 0 Å². The molecule has 0 bridgehead atoms. The van der Waals surface area contributed by atoms with Crippen molar-refractivity contribution < 1.29 is 13.7 Å². The van der Waals surface area contributed by atoms with E-state index in [2.05, 4.69) is 28.9 Å². The van der Waals surface area contributed by atoms with E-state index < -0.39 is 0 Å². The highest BCUT2D eigenvalue weighted by Crippen LogP contribution is 2.19. The lowest BCUT2D eigenvalue weighted by Gasteiger charge is -2.39. The van der Waals surface area contributed by atoms with Gasteiger partial charge in [0.15, 0.2) is 11.6 Å². The molecule has 2 aromatic heterocycles. The Morgan fingerprint density at radius 2 is 2.22 bits per heavy atom. The van der Waals surface area contributed by atoms with Gasteiger partial charge in [-0.1, -0.05) is 19.0 Å². The minimum absolute atomic E-state index is 0.166. The van der Waals surface area contributed by atoms with E-state index in [9.17, 15) is 4.79 Å². The second-order valence-electron chi connectivity index (χ2n) is 6.32. The standard InChI is InChI=1S/C16H22N4O3/c1-11(2)9-20-7-6-19(12(3)16(20)21)10-14-17-15(23-18-14)13-5-4-8-22-13/h4-5,8,11-12H,6-7,9-10H2,1-3H3/t12-/m0/s1. The Hall–Kier alpha value is -2.15. The predicted octanol–water partition coefficient (Wildman–Crippen LogP) is 2.02. The fraction of sp³-hybridized carbons (Fsp3) is 0.562. The summed E-state index contributed by atoms with van der Waals surface area (Å²) in [6.07, 6.45) is 1.56. The average molecular weight is 318 g/mol. The second kappa shape index (κ2) is 6.54. The van der Waals surface area contributed by atoms with Crippen LogP contribution in [0.1, 0.15) is 26.6 Å². The Labute approximate surface area is 135 Å². The summed E-state index contributed by atoms with van der Waals surface area (Å²) in [4.78, 5) is 20.8. The number of aromatic nitrogens is 2. The second-order valence-corrected chi connectivity index (χ2v) is 6.32. The molecule has 1 saturated heterocycles. The maximum atomic E-state index is 12.5. The molecule has 23 heavy (non-hydrogen) atoms. The average Bonchev–Trinajstić information content (AvgIpc) is 3.17. The fourth-order valence-electron chi connectivity index (χ4n) is 2.81. The number of carbonyl (C=O) groups excluding carboxylic acids is 1. The van der Waals surface area contributed by atoms with E-state index >= 15 is 0 Å². The summed E-state index contributed by atoms with van der Waals surface area (Å²) < 4.78 is 10.5. The van der Waals surface area contributed by atoms with Crippen LogP contribution in [0.4, 0.5) is 0 Å². The van der Waals surface area contributed by atoms with E-state index in [1.807, 2.05) is 11.8 Å². The first-order valence-corrected chi connectivity index (χ1v) is 7.94. The van der Waals surface area contributed by atoms with Gasteiger partial charge in [0, 0.05) is 19.6 Å². The van der Waals surface area contributed by atoms with Crippen molar-refractivity contribution in [3.05, 3.63) is 24.2 Å². The topological polar surface area (TPSA) is 75.6 Å². The van der Waals surface area contributed by atoms with Crippen molar-refractivity contribution in [2.75, 3.05) is 19.6 Å². The van der Waals surface area contributed by atoms with Crippen molar-refractivity contribution in [1.29, 1.82) is 0 Å². The van der Waals surface area contributed by atoms with Crippen LogP contribution in [0.25, 0.3) is 11.7 Å². The van der Waals surface area contributed by atoms with Gasteiger partial charge >= 0.3 is 0 Å². The number of hydrogen-bond acceptors (Lipinski definition) is 6. The van der Waals surface area contributed by atoms with Gasteiger partial charge in [0.2, 0.25) is 5.91 Å². The minimum Gasteiger partial charge on any atom is -0.459 e. The Balaban J connectivity index is 1.64. The molecule has 1 atom stereocenters. The molecule has 3 rings (SSSR count). The van der Waals surface area contributed by atoms with Gasteiger partial charge in [-0.15, -0.1) is 0 Å². The molecule has 0 unspecified atom stereocenters. The molecule has 1 amide bonds. The van der Waals surface area contributed by atoms with Crippen molar-refractivity contribution >= 4 is 5.91 Å². The molecule has 2 aromatic rings. The summed E-state index contributed by atoms with van der Waals surface area (Å²) in [5.74, 6) is 2.12. The van der Waals surface area contributed by atoms with Gasteiger partial charge in [0.25, 0.3) is 5.89 Å². The van der Waals surface area contributed by atoms with E-state index in [4.69, 9.17) is 8.94 Å². The van der Waals surface area contributed by atoms with Gasteiger partial charge in [-0.3, -0.25) is 9.69 Å². The number of amides is 1. The molecule has 1 aliphatic heterocycles. The number of carbonyl (C=O) groups is 1. The molecule has 7 heteroatoms. The smallest absolute Gasteiger partial charge is 0.293 e. The van der Waals surface area contributed by atoms with Crippen LogP contribution < -0.4 is 0 Å². The van der Waals surface area contributed by atoms with E-state index in [-0.39, 0.29) is 11.9 Å². The largest absolute Gasteiger partial charge is 0.459 e. The Morgan fingerprint density at radius 3 is 2.91 bits per heavy atom. The highest BCUT2D eigenvalue weighted by Gasteiger charge is 2.32. The third kappa shape index (κ3) is 3.44. The zero-order valence-corrected chi connectivity index (χ0v) is 13.7. The van der Waals surface area contributed by atoms with Gasteiger partial charge in [-0.05, 0) is 25.0 Å². The molecule has 0 N–H and O–H groups in total.